The molecule has 1 rings (SSSR count). The summed E-state index contributed by atoms with van der Waals surface area (Å²) >= 11 is 4.74. The summed E-state index contributed by atoms with van der Waals surface area (Å²) < 4.78 is 5.58. The van der Waals surface area contributed by atoms with E-state index in [-0.39, 0.29) is 5.11 Å². The van der Waals surface area contributed by atoms with Crippen LogP contribution in [0.2, 0.25) is 0 Å². The SMILES string of the molecule is CCCCOCCC1CCC/C1=N/NC(N)=S. The summed E-state index contributed by atoms with van der Waals surface area (Å²) in [6, 6.07) is 0. The van der Waals surface area contributed by atoms with Crippen LogP contribution in [0, 0.1) is 5.92 Å². The molecule has 0 amide bonds. The monoisotopic (exact) mass is 257 g/mol. The standard InChI is InChI=1S/C12H23N3OS/c1-2-3-8-16-9-7-10-5-4-6-11(10)14-15-12(13)17/h10H,2-9H2,1H3,(H3,13,15,17)/b14-11-. The fraction of sp³-hybridized carbons (Fsp3) is 0.833. The molecule has 4 nitrogen and oxygen atoms in total. The minimum Gasteiger partial charge on any atom is -0.381 e. The fourth-order valence-electron chi connectivity index (χ4n) is 2.06. The van der Waals surface area contributed by atoms with Crippen LogP contribution in [0.25, 0.3) is 0 Å². The van der Waals surface area contributed by atoms with E-state index in [0.29, 0.717) is 5.92 Å². The third-order valence-electron chi connectivity index (χ3n) is 3.02. The Morgan fingerprint density at radius 1 is 1.59 bits per heavy atom. The van der Waals surface area contributed by atoms with Gasteiger partial charge in [0.2, 0.25) is 0 Å². The van der Waals surface area contributed by atoms with E-state index in [2.05, 4.69) is 17.5 Å². The highest BCUT2D eigenvalue weighted by atomic mass is 32.1. The number of hydrogen-bond acceptors (Lipinski definition) is 3. The third-order valence-corrected chi connectivity index (χ3v) is 3.11. The maximum atomic E-state index is 5.58. The lowest BCUT2D eigenvalue weighted by molar-refractivity contribution is 0.123. The van der Waals surface area contributed by atoms with Crippen molar-refractivity contribution in [3.8, 4) is 0 Å². The van der Waals surface area contributed by atoms with Gasteiger partial charge < -0.3 is 10.5 Å². The van der Waals surface area contributed by atoms with Gasteiger partial charge in [0.1, 0.15) is 0 Å². The molecular formula is C12H23N3OS. The predicted molar refractivity (Wildman–Crippen MR) is 75.0 cm³/mol. The average Bonchev–Trinajstić information content (AvgIpc) is 2.73. The molecule has 0 radical (unpaired) electrons. The van der Waals surface area contributed by atoms with Crippen LogP contribution in [0.4, 0.5) is 0 Å². The summed E-state index contributed by atoms with van der Waals surface area (Å²) in [5, 5.41) is 4.50. The Bertz CT molecular complexity index is 268. The largest absolute Gasteiger partial charge is 0.381 e. The highest BCUT2D eigenvalue weighted by molar-refractivity contribution is 7.80. The number of ether oxygens (including phenoxy) is 1. The zero-order chi connectivity index (χ0) is 12.5. The second-order valence-corrected chi connectivity index (χ2v) is 4.86. The Kier molecular flexibility index (Phi) is 7.12. The molecule has 0 spiro atoms. The van der Waals surface area contributed by atoms with Gasteiger partial charge >= 0.3 is 0 Å². The van der Waals surface area contributed by atoms with Gasteiger partial charge in [0.25, 0.3) is 0 Å². The van der Waals surface area contributed by atoms with Crippen LogP contribution in [-0.2, 0) is 4.74 Å². The first kappa shape index (κ1) is 14.4. The Morgan fingerprint density at radius 3 is 3.12 bits per heavy atom. The maximum absolute atomic E-state index is 5.58. The second kappa shape index (κ2) is 8.42. The minimum atomic E-state index is 0.238. The van der Waals surface area contributed by atoms with Gasteiger partial charge in [0, 0.05) is 24.8 Å². The smallest absolute Gasteiger partial charge is 0.184 e. The Balaban J connectivity index is 2.22. The molecule has 0 bridgehead atoms. The molecule has 1 aliphatic rings. The van der Waals surface area contributed by atoms with E-state index in [1.54, 1.807) is 0 Å². The van der Waals surface area contributed by atoms with Crippen LogP contribution in [-0.4, -0.2) is 24.0 Å². The first-order valence-electron chi connectivity index (χ1n) is 6.43. The number of unbranched alkanes of at least 4 members (excludes halogenated alkanes) is 1. The summed E-state index contributed by atoms with van der Waals surface area (Å²) in [6.45, 7) is 3.88. The predicted octanol–water partition coefficient (Wildman–Crippen LogP) is 2.18. The van der Waals surface area contributed by atoms with Crippen molar-refractivity contribution in [2.45, 2.75) is 45.4 Å². The number of thiocarbonyl (C=S) groups is 1. The molecule has 1 unspecified atom stereocenters. The lowest BCUT2D eigenvalue weighted by Gasteiger charge is -2.11. The van der Waals surface area contributed by atoms with Crippen LogP contribution in [0.3, 0.4) is 0 Å². The molecule has 1 saturated carbocycles. The van der Waals surface area contributed by atoms with Gasteiger partial charge in [0.15, 0.2) is 5.11 Å². The first-order chi connectivity index (χ1) is 8.24. The molecule has 0 aromatic carbocycles. The lowest BCUT2D eigenvalue weighted by Crippen LogP contribution is -2.26. The molecule has 0 heterocycles. The first-order valence-corrected chi connectivity index (χ1v) is 6.84. The fourth-order valence-corrected chi connectivity index (χ4v) is 2.11. The summed E-state index contributed by atoms with van der Waals surface area (Å²) in [5.74, 6) is 0.540. The molecule has 0 aliphatic heterocycles. The van der Waals surface area contributed by atoms with E-state index in [9.17, 15) is 0 Å². The van der Waals surface area contributed by atoms with Crippen molar-refractivity contribution < 1.29 is 4.74 Å². The second-order valence-electron chi connectivity index (χ2n) is 4.42. The Labute approximate surface area is 109 Å². The van der Waals surface area contributed by atoms with Crippen LogP contribution >= 0.6 is 12.2 Å². The molecule has 5 heteroatoms. The molecule has 0 aromatic heterocycles. The number of rotatable bonds is 7. The number of nitrogens with zero attached hydrogens (tertiary/aromatic N) is 1. The molecule has 0 aromatic rings. The minimum absolute atomic E-state index is 0.238. The lowest BCUT2D eigenvalue weighted by atomic mass is 10.0. The Morgan fingerprint density at radius 2 is 2.41 bits per heavy atom. The molecule has 98 valence electrons. The number of nitrogens with two attached hydrogens (primary N) is 1. The van der Waals surface area contributed by atoms with Gasteiger partial charge in [-0.25, -0.2) is 0 Å². The van der Waals surface area contributed by atoms with Gasteiger partial charge in [-0.05, 0) is 44.3 Å². The van der Waals surface area contributed by atoms with Crippen LogP contribution in [0.5, 0.6) is 0 Å². The van der Waals surface area contributed by atoms with Crippen molar-refractivity contribution in [3.05, 3.63) is 0 Å². The van der Waals surface area contributed by atoms with Crippen LogP contribution in [0.1, 0.15) is 45.4 Å². The van der Waals surface area contributed by atoms with Crippen molar-refractivity contribution in [1.82, 2.24) is 5.43 Å². The summed E-state index contributed by atoms with van der Waals surface area (Å²) in [5.41, 5.74) is 9.24. The quantitative estimate of drug-likeness (QED) is 0.417. The van der Waals surface area contributed by atoms with Gasteiger partial charge in [-0.1, -0.05) is 13.3 Å². The number of hydrazone groups is 1. The van der Waals surface area contributed by atoms with E-state index < -0.39 is 0 Å². The van der Waals surface area contributed by atoms with E-state index >= 15 is 0 Å². The van der Waals surface area contributed by atoms with Crippen molar-refractivity contribution in [3.63, 3.8) is 0 Å². The van der Waals surface area contributed by atoms with E-state index in [0.717, 1.165) is 32.5 Å². The zero-order valence-electron chi connectivity index (χ0n) is 10.6. The van der Waals surface area contributed by atoms with Crippen molar-refractivity contribution in [2.75, 3.05) is 13.2 Å². The molecule has 1 fully saturated rings. The summed E-state index contributed by atoms with van der Waals surface area (Å²) in [7, 11) is 0. The highest BCUT2D eigenvalue weighted by Crippen LogP contribution is 2.25. The van der Waals surface area contributed by atoms with Gasteiger partial charge in [-0.3, -0.25) is 5.43 Å². The highest BCUT2D eigenvalue weighted by Gasteiger charge is 2.22. The Hall–Kier alpha value is -0.680. The van der Waals surface area contributed by atoms with Crippen LogP contribution < -0.4 is 11.2 Å². The molecule has 3 N–H and O–H groups in total. The molecule has 1 atom stereocenters. The third kappa shape index (κ3) is 5.98. The summed E-state index contributed by atoms with van der Waals surface area (Å²) in [6.07, 6.45) is 6.85. The summed E-state index contributed by atoms with van der Waals surface area (Å²) in [4.78, 5) is 0. The van der Waals surface area contributed by atoms with E-state index in [1.165, 1.54) is 25.0 Å². The van der Waals surface area contributed by atoms with E-state index in [4.69, 9.17) is 22.7 Å². The number of hydrogen-bond donors (Lipinski definition) is 2. The van der Waals surface area contributed by atoms with Gasteiger partial charge in [0.05, 0.1) is 0 Å². The van der Waals surface area contributed by atoms with Gasteiger partial charge in [-0.15, -0.1) is 0 Å². The molecule has 1 aliphatic carbocycles. The van der Waals surface area contributed by atoms with Crippen LogP contribution in [0.15, 0.2) is 5.10 Å². The topological polar surface area (TPSA) is 59.6 Å². The van der Waals surface area contributed by atoms with E-state index in [1.807, 2.05) is 0 Å². The van der Waals surface area contributed by atoms with Crippen molar-refractivity contribution in [1.29, 1.82) is 0 Å². The average molecular weight is 257 g/mol. The van der Waals surface area contributed by atoms with Crippen molar-refractivity contribution >= 4 is 23.0 Å². The number of nitrogens with one attached hydrogen (secondary N) is 1. The maximum Gasteiger partial charge on any atom is 0.184 e. The molecule has 17 heavy (non-hydrogen) atoms. The van der Waals surface area contributed by atoms with Crippen molar-refractivity contribution in [2.24, 2.45) is 16.8 Å². The molecular weight excluding hydrogens is 234 g/mol. The molecule has 0 saturated heterocycles. The van der Waals surface area contributed by atoms with Gasteiger partial charge in [-0.2, -0.15) is 5.10 Å². The zero-order valence-corrected chi connectivity index (χ0v) is 11.4. The normalized spacial score (nSPS) is 21.9.